The van der Waals surface area contributed by atoms with E-state index < -0.39 is 21.9 Å². The molecule has 3 rings (SSSR count). The second kappa shape index (κ2) is 6.66. The van der Waals surface area contributed by atoms with Crippen LogP contribution in [0.15, 0.2) is 47.9 Å². The molecule has 1 saturated heterocycles. The second-order valence-corrected chi connectivity index (χ2v) is 7.63. The van der Waals surface area contributed by atoms with Crippen molar-refractivity contribution >= 4 is 16.0 Å². The molecule has 0 radical (unpaired) electrons. The minimum Gasteiger partial charge on any atom is -0.481 e. The van der Waals surface area contributed by atoms with Crippen LogP contribution in [0.2, 0.25) is 0 Å². The molecule has 8 heteroatoms. The van der Waals surface area contributed by atoms with Crippen LogP contribution in [0.5, 0.6) is 0 Å². The third-order valence-corrected chi connectivity index (χ3v) is 6.00. The molecule has 126 valence electrons. The van der Waals surface area contributed by atoms with Gasteiger partial charge in [-0.05, 0) is 30.5 Å². The zero-order valence-electron chi connectivity index (χ0n) is 12.9. The Morgan fingerprint density at radius 2 is 1.79 bits per heavy atom. The van der Waals surface area contributed by atoms with E-state index in [1.807, 2.05) is 0 Å². The number of carbonyl (C=O) groups is 1. The Labute approximate surface area is 140 Å². The van der Waals surface area contributed by atoms with E-state index in [9.17, 15) is 13.2 Å². The van der Waals surface area contributed by atoms with Gasteiger partial charge in [-0.1, -0.05) is 12.1 Å². The van der Waals surface area contributed by atoms with Crippen LogP contribution in [0.3, 0.4) is 0 Å². The number of carboxylic acids is 1. The lowest BCUT2D eigenvalue weighted by atomic mass is 10.0. The van der Waals surface area contributed by atoms with Crippen molar-refractivity contribution in [3.63, 3.8) is 0 Å². The van der Waals surface area contributed by atoms with E-state index in [0.717, 1.165) is 11.1 Å². The Bertz CT molecular complexity index is 822. The van der Waals surface area contributed by atoms with Crippen molar-refractivity contribution in [2.24, 2.45) is 5.92 Å². The molecule has 7 nitrogen and oxygen atoms in total. The minimum atomic E-state index is -3.69. The van der Waals surface area contributed by atoms with Crippen LogP contribution in [0.1, 0.15) is 12.8 Å². The number of piperidine rings is 1. The highest BCUT2D eigenvalue weighted by Crippen LogP contribution is 2.26. The molecule has 1 unspecified atom stereocenters. The maximum Gasteiger partial charge on any atom is 0.307 e. The molecule has 0 saturated carbocycles. The summed E-state index contributed by atoms with van der Waals surface area (Å²) in [4.78, 5) is 19.2. The van der Waals surface area contributed by atoms with Gasteiger partial charge in [0.15, 0.2) is 0 Å². The smallest absolute Gasteiger partial charge is 0.307 e. The topological polar surface area (TPSA) is 100 Å². The van der Waals surface area contributed by atoms with Crippen molar-refractivity contribution in [3.8, 4) is 11.1 Å². The minimum absolute atomic E-state index is 0.0198. The highest BCUT2D eigenvalue weighted by Gasteiger charge is 2.33. The van der Waals surface area contributed by atoms with Crippen LogP contribution in [0.25, 0.3) is 11.1 Å². The van der Waals surface area contributed by atoms with Gasteiger partial charge in [-0.15, -0.1) is 0 Å². The third kappa shape index (κ3) is 3.29. The summed E-state index contributed by atoms with van der Waals surface area (Å²) >= 11 is 0. The highest BCUT2D eigenvalue weighted by molar-refractivity contribution is 7.89. The molecule has 1 aliphatic rings. The summed E-state index contributed by atoms with van der Waals surface area (Å²) < 4.78 is 26.7. The first kappa shape index (κ1) is 16.5. The van der Waals surface area contributed by atoms with Gasteiger partial charge in [0, 0.05) is 31.0 Å². The number of carboxylic acid groups (broad SMARTS) is 1. The molecule has 1 aromatic heterocycles. The highest BCUT2D eigenvalue weighted by atomic mass is 32.2. The van der Waals surface area contributed by atoms with E-state index in [2.05, 4.69) is 9.97 Å². The first-order chi connectivity index (χ1) is 11.5. The summed E-state index contributed by atoms with van der Waals surface area (Å²) in [5.74, 6) is -1.59. The van der Waals surface area contributed by atoms with Gasteiger partial charge in [-0.2, -0.15) is 4.31 Å². The molecular weight excluding hydrogens is 330 g/mol. The summed E-state index contributed by atoms with van der Waals surface area (Å²) in [6, 6.07) is 6.46. The Morgan fingerprint density at radius 1 is 1.12 bits per heavy atom. The van der Waals surface area contributed by atoms with Crippen molar-refractivity contribution in [2.45, 2.75) is 17.7 Å². The van der Waals surface area contributed by atoms with Crippen LogP contribution < -0.4 is 0 Å². The summed E-state index contributed by atoms with van der Waals surface area (Å²) in [7, 11) is -3.69. The molecule has 0 spiro atoms. The number of sulfonamides is 1. The quantitative estimate of drug-likeness (QED) is 0.902. The van der Waals surface area contributed by atoms with Crippen molar-refractivity contribution < 1.29 is 18.3 Å². The average Bonchev–Trinajstić information content (AvgIpc) is 2.62. The molecule has 1 aliphatic heterocycles. The maximum absolute atomic E-state index is 12.7. The predicted octanol–water partition coefficient (Wildman–Crippen LogP) is 1.63. The lowest BCUT2D eigenvalue weighted by Crippen LogP contribution is -2.42. The second-order valence-electron chi connectivity index (χ2n) is 5.69. The Balaban J connectivity index is 1.83. The first-order valence-electron chi connectivity index (χ1n) is 7.57. The predicted molar refractivity (Wildman–Crippen MR) is 86.6 cm³/mol. The van der Waals surface area contributed by atoms with Crippen LogP contribution in [-0.4, -0.2) is 46.9 Å². The van der Waals surface area contributed by atoms with E-state index in [4.69, 9.17) is 5.11 Å². The molecule has 0 amide bonds. The average molecular weight is 347 g/mol. The SMILES string of the molecule is O=C(O)C1CCCN(S(=O)(=O)c2ccc(-c3cncnc3)cc2)C1. The third-order valence-electron chi connectivity index (χ3n) is 4.12. The summed E-state index contributed by atoms with van der Waals surface area (Å²) in [6.45, 7) is 0.367. The lowest BCUT2D eigenvalue weighted by Gasteiger charge is -2.29. The molecule has 2 aromatic rings. The van der Waals surface area contributed by atoms with Gasteiger partial charge in [-0.3, -0.25) is 4.79 Å². The summed E-state index contributed by atoms with van der Waals surface area (Å²) in [6.07, 6.45) is 5.79. The van der Waals surface area contributed by atoms with E-state index in [1.165, 1.54) is 22.8 Å². The van der Waals surface area contributed by atoms with E-state index in [-0.39, 0.29) is 11.4 Å². The Morgan fingerprint density at radius 3 is 2.42 bits per heavy atom. The van der Waals surface area contributed by atoms with E-state index in [1.54, 1.807) is 24.5 Å². The van der Waals surface area contributed by atoms with E-state index in [0.29, 0.717) is 19.4 Å². The zero-order valence-corrected chi connectivity index (χ0v) is 13.7. The number of benzene rings is 1. The van der Waals surface area contributed by atoms with Gasteiger partial charge in [0.2, 0.25) is 10.0 Å². The molecule has 24 heavy (non-hydrogen) atoms. The summed E-state index contributed by atoms with van der Waals surface area (Å²) in [5.41, 5.74) is 1.61. The fraction of sp³-hybridized carbons (Fsp3) is 0.312. The number of rotatable bonds is 4. The van der Waals surface area contributed by atoms with Gasteiger partial charge in [-0.25, -0.2) is 18.4 Å². The largest absolute Gasteiger partial charge is 0.481 e. The number of hydrogen-bond acceptors (Lipinski definition) is 5. The van der Waals surface area contributed by atoms with Gasteiger partial charge in [0.05, 0.1) is 10.8 Å². The van der Waals surface area contributed by atoms with Crippen molar-refractivity contribution in [1.82, 2.24) is 14.3 Å². The van der Waals surface area contributed by atoms with Crippen molar-refractivity contribution in [3.05, 3.63) is 43.0 Å². The molecule has 1 N–H and O–H groups in total. The Hall–Kier alpha value is -2.32. The fourth-order valence-electron chi connectivity index (χ4n) is 2.78. The van der Waals surface area contributed by atoms with Gasteiger partial charge < -0.3 is 5.11 Å². The fourth-order valence-corrected chi connectivity index (χ4v) is 4.30. The first-order valence-corrected chi connectivity index (χ1v) is 9.01. The monoisotopic (exact) mass is 347 g/mol. The molecule has 2 heterocycles. The molecular formula is C16H17N3O4S. The number of nitrogens with zero attached hydrogens (tertiary/aromatic N) is 3. The lowest BCUT2D eigenvalue weighted by molar-refractivity contribution is -0.142. The summed E-state index contributed by atoms with van der Waals surface area (Å²) in [5, 5.41) is 9.12. The maximum atomic E-state index is 12.7. The Kier molecular flexibility index (Phi) is 4.59. The number of aliphatic carboxylic acids is 1. The zero-order chi connectivity index (χ0) is 17.2. The van der Waals surface area contributed by atoms with Gasteiger partial charge >= 0.3 is 5.97 Å². The van der Waals surface area contributed by atoms with Crippen molar-refractivity contribution in [2.75, 3.05) is 13.1 Å². The molecule has 0 aliphatic carbocycles. The van der Waals surface area contributed by atoms with Crippen LogP contribution in [0, 0.1) is 5.92 Å². The molecule has 1 fully saturated rings. The number of aromatic nitrogens is 2. The standard InChI is InChI=1S/C16H17N3O4S/c20-16(21)13-2-1-7-19(10-13)24(22,23)15-5-3-12(4-6-15)14-8-17-11-18-9-14/h3-6,8-9,11,13H,1-2,7,10H2,(H,20,21). The molecule has 1 aromatic carbocycles. The number of hydrogen-bond donors (Lipinski definition) is 1. The van der Waals surface area contributed by atoms with Crippen LogP contribution >= 0.6 is 0 Å². The van der Waals surface area contributed by atoms with Crippen LogP contribution in [0.4, 0.5) is 0 Å². The van der Waals surface area contributed by atoms with Crippen LogP contribution in [-0.2, 0) is 14.8 Å². The van der Waals surface area contributed by atoms with Gasteiger partial charge in [0.1, 0.15) is 6.33 Å². The normalized spacial score (nSPS) is 19.1. The molecule has 1 atom stereocenters. The van der Waals surface area contributed by atoms with E-state index >= 15 is 0 Å². The molecule has 0 bridgehead atoms. The van der Waals surface area contributed by atoms with Crippen molar-refractivity contribution in [1.29, 1.82) is 0 Å². The van der Waals surface area contributed by atoms with Gasteiger partial charge in [0.25, 0.3) is 0 Å².